The molecule has 0 bridgehead atoms. The number of fused-ring (bicyclic) bond motifs is 1. The van der Waals surface area contributed by atoms with E-state index in [0.29, 0.717) is 0 Å². The lowest BCUT2D eigenvalue weighted by Gasteiger charge is -1.98. The fraction of sp³-hybridized carbons (Fsp3) is 0.0714. The monoisotopic (exact) mass is 294 g/mol. The highest BCUT2D eigenvalue weighted by molar-refractivity contribution is 7.19. The number of aromatic nitrogens is 6. The predicted octanol–water partition coefficient (Wildman–Crippen LogP) is 2.62. The molecule has 21 heavy (non-hydrogen) atoms. The third-order valence-corrected chi connectivity index (χ3v) is 3.97. The lowest BCUT2D eigenvalue weighted by atomic mass is 10.1. The minimum Gasteiger partial charge on any atom is -0.261 e. The summed E-state index contributed by atoms with van der Waals surface area (Å²) in [5.74, 6) is 0.736. The Labute approximate surface area is 124 Å². The van der Waals surface area contributed by atoms with Crippen LogP contribution in [0.25, 0.3) is 27.1 Å². The summed E-state index contributed by atoms with van der Waals surface area (Å²) in [4.78, 5) is 9.07. The third-order valence-electron chi connectivity index (χ3n) is 3.05. The molecule has 0 saturated carbocycles. The molecule has 0 fully saturated rings. The number of nitrogens with zero attached hydrogens (tertiary/aromatic N) is 6. The lowest BCUT2D eigenvalue weighted by molar-refractivity contribution is 0.965. The van der Waals surface area contributed by atoms with Crippen molar-refractivity contribution in [3.8, 4) is 22.1 Å². The molecule has 0 aliphatic rings. The van der Waals surface area contributed by atoms with Gasteiger partial charge < -0.3 is 0 Å². The zero-order valence-corrected chi connectivity index (χ0v) is 11.9. The fourth-order valence-electron chi connectivity index (χ4n) is 2.09. The van der Waals surface area contributed by atoms with Crippen LogP contribution in [0.3, 0.4) is 0 Å². The Morgan fingerprint density at radius 1 is 1.14 bits per heavy atom. The Morgan fingerprint density at radius 2 is 2.10 bits per heavy atom. The van der Waals surface area contributed by atoms with E-state index >= 15 is 0 Å². The standard InChI is InChI=1S/C14H10N6S/c1-9-3-2-4-10(7-9)12-17-18-14-20(12)19-13(21-14)11-8-15-5-6-16-11/h2-8H,1H3. The molecule has 4 aromatic rings. The Morgan fingerprint density at radius 3 is 2.90 bits per heavy atom. The molecule has 0 atom stereocenters. The highest BCUT2D eigenvalue weighted by Gasteiger charge is 2.15. The van der Waals surface area contributed by atoms with Crippen LogP contribution in [0.1, 0.15) is 5.56 Å². The van der Waals surface area contributed by atoms with Crippen LogP contribution in [0.15, 0.2) is 42.9 Å². The van der Waals surface area contributed by atoms with E-state index in [-0.39, 0.29) is 0 Å². The number of benzene rings is 1. The molecular weight excluding hydrogens is 284 g/mol. The summed E-state index contributed by atoms with van der Waals surface area (Å²) in [6, 6.07) is 8.12. The summed E-state index contributed by atoms with van der Waals surface area (Å²) in [5.41, 5.74) is 2.91. The minimum absolute atomic E-state index is 0.736. The number of hydrogen-bond acceptors (Lipinski definition) is 6. The van der Waals surface area contributed by atoms with Crippen molar-refractivity contribution in [2.45, 2.75) is 6.92 Å². The van der Waals surface area contributed by atoms with Gasteiger partial charge in [-0.25, -0.2) is 0 Å². The Hall–Kier alpha value is -2.67. The van der Waals surface area contributed by atoms with Crippen molar-refractivity contribution in [3.63, 3.8) is 0 Å². The van der Waals surface area contributed by atoms with Gasteiger partial charge in [0.25, 0.3) is 0 Å². The van der Waals surface area contributed by atoms with Gasteiger partial charge in [-0.2, -0.15) is 9.61 Å². The molecule has 102 valence electrons. The highest BCUT2D eigenvalue weighted by Crippen LogP contribution is 2.26. The quantitative estimate of drug-likeness (QED) is 0.568. The first-order valence-corrected chi connectivity index (χ1v) is 7.18. The molecule has 7 heteroatoms. The van der Waals surface area contributed by atoms with E-state index in [4.69, 9.17) is 0 Å². The van der Waals surface area contributed by atoms with Crippen molar-refractivity contribution in [1.82, 2.24) is 29.8 Å². The number of rotatable bonds is 2. The van der Waals surface area contributed by atoms with Gasteiger partial charge in [-0.3, -0.25) is 9.97 Å². The number of aryl methyl sites for hydroxylation is 1. The van der Waals surface area contributed by atoms with E-state index in [0.717, 1.165) is 27.1 Å². The second kappa shape index (κ2) is 4.71. The van der Waals surface area contributed by atoms with Crippen LogP contribution in [-0.4, -0.2) is 29.8 Å². The first-order chi connectivity index (χ1) is 10.3. The van der Waals surface area contributed by atoms with E-state index in [1.54, 1.807) is 23.1 Å². The zero-order chi connectivity index (χ0) is 14.2. The van der Waals surface area contributed by atoms with Gasteiger partial charge in [-0.05, 0) is 13.0 Å². The molecular formula is C14H10N6S. The molecule has 0 aliphatic heterocycles. The van der Waals surface area contributed by atoms with Crippen LogP contribution in [-0.2, 0) is 0 Å². The van der Waals surface area contributed by atoms with Gasteiger partial charge in [0.05, 0.1) is 6.20 Å². The van der Waals surface area contributed by atoms with Gasteiger partial charge >= 0.3 is 0 Å². The first kappa shape index (κ1) is 12.1. The van der Waals surface area contributed by atoms with Gasteiger partial charge in [-0.15, -0.1) is 10.2 Å². The predicted molar refractivity (Wildman–Crippen MR) is 79.9 cm³/mol. The molecule has 3 heterocycles. The van der Waals surface area contributed by atoms with E-state index in [1.807, 2.05) is 25.1 Å². The number of hydrogen-bond donors (Lipinski definition) is 0. The molecule has 0 amide bonds. The Balaban J connectivity index is 1.87. The van der Waals surface area contributed by atoms with Gasteiger partial charge in [0.1, 0.15) is 5.69 Å². The fourth-order valence-corrected chi connectivity index (χ4v) is 2.89. The van der Waals surface area contributed by atoms with Crippen LogP contribution in [0.5, 0.6) is 0 Å². The second-order valence-electron chi connectivity index (χ2n) is 4.59. The van der Waals surface area contributed by atoms with Crippen LogP contribution in [0.4, 0.5) is 0 Å². The Kier molecular flexibility index (Phi) is 2.71. The van der Waals surface area contributed by atoms with E-state index in [9.17, 15) is 0 Å². The van der Waals surface area contributed by atoms with Crippen LogP contribution < -0.4 is 0 Å². The van der Waals surface area contributed by atoms with Gasteiger partial charge in [0, 0.05) is 18.0 Å². The van der Waals surface area contributed by atoms with Crippen LogP contribution in [0, 0.1) is 6.92 Å². The SMILES string of the molecule is Cc1cccc(-c2nnc3sc(-c4cnccn4)nn23)c1. The normalized spacial score (nSPS) is 11.1. The maximum atomic E-state index is 4.56. The summed E-state index contributed by atoms with van der Waals surface area (Å²) in [6.07, 6.45) is 4.99. The molecule has 0 aliphatic carbocycles. The molecule has 1 aromatic carbocycles. The molecule has 0 N–H and O–H groups in total. The molecule has 0 spiro atoms. The van der Waals surface area contributed by atoms with Crippen LogP contribution in [0.2, 0.25) is 0 Å². The molecule has 4 rings (SSSR count). The average molecular weight is 294 g/mol. The second-order valence-corrected chi connectivity index (χ2v) is 5.54. The maximum Gasteiger partial charge on any atom is 0.235 e. The van der Waals surface area contributed by atoms with Crippen molar-refractivity contribution >= 4 is 16.3 Å². The molecule has 0 saturated heterocycles. The topological polar surface area (TPSA) is 68.9 Å². The van der Waals surface area contributed by atoms with Gasteiger partial charge in [0.15, 0.2) is 10.8 Å². The van der Waals surface area contributed by atoms with Crippen molar-refractivity contribution in [3.05, 3.63) is 48.4 Å². The molecule has 3 aromatic heterocycles. The summed E-state index contributed by atoms with van der Waals surface area (Å²) in [5, 5.41) is 13.8. The van der Waals surface area contributed by atoms with Crippen molar-refractivity contribution in [2.24, 2.45) is 0 Å². The van der Waals surface area contributed by atoms with Crippen LogP contribution >= 0.6 is 11.3 Å². The Bertz CT molecular complexity index is 912. The summed E-state index contributed by atoms with van der Waals surface area (Å²) in [6.45, 7) is 2.05. The lowest BCUT2D eigenvalue weighted by Crippen LogP contribution is -1.92. The van der Waals surface area contributed by atoms with E-state index < -0.39 is 0 Å². The molecule has 0 radical (unpaired) electrons. The largest absolute Gasteiger partial charge is 0.261 e. The summed E-state index contributed by atoms with van der Waals surface area (Å²) in [7, 11) is 0. The van der Waals surface area contributed by atoms with Gasteiger partial charge in [0.2, 0.25) is 4.96 Å². The van der Waals surface area contributed by atoms with E-state index in [2.05, 4.69) is 31.3 Å². The van der Waals surface area contributed by atoms with Crippen molar-refractivity contribution < 1.29 is 0 Å². The van der Waals surface area contributed by atoms with Crippen molar-refractivity contribution in [1.29, 1.82) is 0 Å². The smallest absolute Gasteiger partial charge is 0.235 e. The van der Waals surface area contributed by atoms with E-state index in [1.165, 1.54) is 16.9 Å². The summed E-state index contributed by atoms with van der Waals surface area (Å²) >= 11 is 1.45. The highest BCUT2D eigenvalue weighted by atomic mass is 32.1. The third kappa shape index (κ3) is 2.07. The molecule has 0 unspecified atom stereocenters. The van der Waals surface area contributed by atoms with Gasteiger partial charge in [-0.1, -0.05) is 35.1 Å². The minimum atomic E-state index is 0.736. The summed E-state index contributed by atoms with van der Waals surface area (Å²) < 4.78 is 1.75. The first-order valence-electron chi connectivity index (χ1n) is 6.37. The zero-order valence-electron chi connectivity index (χ0n) is 11.1. The maximum absolute atomic E-state index is 4.56. The average Bonchev–Trinajstić information content (AvgIpc) is 3.08. The molecule has 6 nitrogen and oxygen atoms in total. The van der Waals surface area contributed by atoms with Crippen molar-refractivity contribution in [2.75, 3.05) is 0 Å².